The van der Waals surface area contributed by atoms with Gasteiger partial charge in [0.1, 0.15) is 11.9 Å². The molecule has 2 rings (SSSR count). The Kier molecular flexibility index (Phi) is 5.87. The van der Waals surface area contributed by atoms with E-state index >= 15 is 0 Å². The smallest absolute Gasteiger partial charge is 0.127 e. The molecular formula is C16H24BrNO2. The average Bonchev–Trinajstić information content (AvgIpc) is 2.41. The minimum absolute atomic E-state index is 0.0657. The second-order valence-electron chi connectivity index (χ2n) is 5.50. The molecule has 2 N–H and O–H groups in total. The van der Waals surface area contributed by atoms with Gasteiger partial charge < -0.3 is 15.2 Å². The molecule has 0 heterocycles. The molecule has 0 aliphatic heterocycles. The summed E-state index contributed by atoms with van der Waals surface area (Å²) >= 11 is 3.54. The Balaban J connectivity index is 2.19. The summed E-state index contributed by atoms with van der Waals surface area (Å²) in [7, 11) is 0. The van der Waals surface area contributed by atoms with Crippen molar-refractivity contribution in [2.45, 2.75) is 58.3 Å². The minimum atomic E-state index is -0.334. The fraction of sp³-hybridized carbons (Fsp3) is 0.625. The zero-order valence-electron chi connectivity index (χ0n) is 12.3. The Morgan fingerprint density at radius 2 is 2.10 bits per heavy atom. The maximum Gasteiger partial charge on any atom is 0.127 e. The van der Waals surface area contributed by atoms with Crippen LogP contribution in [0.5, 0.6) is 5.75 Å². The highest BCUT2D eigenvalue weighted by Crippen LogP contribution is 2.31. The normalized spacial score (nSPS) is 22.8. The quantitative estimate of drug-likeness (QED) is 0.860. The Morgan fingerprint density at radius 1 is 1.35 bits per heavy atom. The van der Waals surface area contributed by atoms with Gasteiger partial charge in [0.25, 0.3) is 0 Å². The lowest BCUT2D eigenvalue weighted by atomic mass is 9.94. The van der Waals surface area contributed by atoms with Crippen molar-refractivity contribution in [3.8, 4) is 5.75 Å². The van der Waals surface area contributed by atoms with Crippen molar-refractivity contribution in [2.75, 3.05) is 6.54 Å². The van der Waals surface area contributed by atoms with Crippen molar-refractivity contribution in [1.82, 2.24) is 5.32 Å². The van der Waals surface area contributed by atoms with Gasteiger partial charge in [-0.3, -0.25) is 0 Å². The van der Waals surface area contributed by atoms with Gasteiger partial charge in [0.2, 0.25) is 0 Å². The summed E-state index contributed by atoms with van der Waals surface area (Å²) in [5.74, 6) is 0.931. The third-order valence-electron chi connectivity index (χ3n) is 3.82. The number of nitrogens with one attached hydrogen (secondary N) is 1. The van der Waals surface area contributed by atoms with Crippen LogP contribution >= 0.6 is 15.9 Å². The van der Waals surface area contributed by atoms with E-state index in [0.717, 1.165) is 60.1 Å². The van der Waals surface area contributed by atoms with Crippen LogP contribution in [-0.4, -0.2) is 23.9 Å². The first-order chi connectivity index (χ1) is 9.61. The number of aryl methyl sites for hydroxylation is 1. The van der Waals surface area contributed by atoms with Gasteiger partial charge in [-0.25, -0.2) is 0 Å². The van der Waals surface area contributed by atoms with Crippen molar-refractivity contribution in [1.29, 1.82) is 0 Å². The van der Waals surface area contributed by atoms with E-state index in [2.05, 4.69) is 47.2 Å². The summed E-state index contributed by atoms with van der Waals surface area (Å²) in [5.41, 5.74) is 2.27. The number of aliphatic hydroxyl groups excluding tert-OH is 1. The topological polar surface area (TPSA) is 41.5 Å². The molecule has 20 heavy (non-hydrogen) atoms. The van der Waals surface area contributed by atoms with Gasteiger partial charge >= 0.3 is 0 Å². The monoisotopic (exact) mass is 341 g/mol. The molecule has 1 fully saturated rings. The van der Waals surface area contributed by atoms with Crippen LogP contribution in [-0.2, 0) is 6.54 Å². The van der Waals surface area contributed by atoms with Crippen LogP contribution in [0.25, 0.3) is 0 Å². The lowest BCUT2D eigenvalue weighted by Gasteiger charge is -2.30. The second-order valence-corrected chi connectivity index (χ2v) is 6.42. The number of ether oxygens (including phenoxy) is 1. The number of hydrogen-bond acceptors (Lipinski definition) is 3. The number of halogens is 1. The first-order valence-corrected chi connectivity index (χ1v) is 8.25. The molecule has 1 saturated carbocycles. The van der Waals surface area contributed by atoms with Gasteiger partial charge in [0, 0.05) is 16.6 Å². The van der Waals surface area contributed by atoms with E-state index in [9.17, 15) is 5.11 Å². The van der Waals surface area contributed by atoms with Crippen LogP contribution in [0.1, 0.15) is 43.7 Å². The molecule has 112 valence electrons. The van der Waals surface area contributed by atoms with Gasteiger partial charge in [0.05, 0.1) is 6.10 Å². The third kappa shape index (κ3) is 3.96. The predicted octanol–water partition coefficient (Wildman–Crippen LogP) is 3.55. The molecular weight excluding hydrogens is 318 g/mol. The summed E-state index contributed by atoms with van der Waals surface area (Å²) in [5, 5.41) is 13.4. The number of rotatable bonds is 5. The summed E-state index contributed by atoms with van der Waals surface area (Å²) in [4.78, 5) is 0. The van der Waals surface area contributed by atoms with Gasteiger partial charge in [0.15, 0.2) is 0 Å². The summed E-state index contributed by atoms with van der Waals surface area (Å²) in [6, 6.07) is 4.17. The number of benzene rings is 1. The van der Waals surface area contributed by atoms with Gasteiger partial charge in [-0.15, -0.1) is 0 Å². The molecule has 0 aromatic heterocycles. The molecule has 0 amide bonds. The lowest BCUT2D eigenvalue weighted by Crippen LogP contribution is -2.35. The number of aliphatic hydroxyl groups is 1. The van der Waals surface area contributed by atoms with E-state index < -0.39 is 0 Å². The Labute approximate surface area is 129 Å². The second kappa shape index (κ2) is 7.43. The van der Waals surface area contributed by atoms with Gasteiger partial charge in [-0.1, -0.05) is 29.3 Å². The number of hydrogen-bond donors (Lipinski definition) is 2. The van der Waals surface area contributed by atoms with Crippen molar-refractivity contribution in [3.63, 3.8) is 0 Å². The van der Waals surface area contributed by atoms with E-state index in [1.165, 1.54) is 0 Å². The zero-order valence-corrected chi connectivity index (χ0v) is 13.9. The van der Waals surface area contributed by atoms with E-state index in [-0.39, 0.29) is 12.2 Å². The Morgan fingerprint density at radius 3 is 2.80 bits per heavy atom. The van der Waals surface area contributed by atoms with Crippen molar-refractivity contribution >= 4 is 15.9 Å². The van der Waals surface area contributed by atoms with E-state index in [4.69, 9.17) is 4.74 Å². The molecule has 3 nitrogen and oxygen atoms in total. The summed E-state index contributed by atoms with van der Waals surface area (Å²) in [6.07, 6.45) is 3.63. The van der Waals surface area contributed by atoms with Crippen LogP contribution in [0.3, 0.4) is 0 Å². The van der Waals surface area contributed by atoms with Crippen molar-refractivity contribution < 1.29 is 9.84 Å². The molecule has 0 bridgehead atoms. The van der Waals surface area contributed by atoms with Crippen molar-refractivity contribution in [2.24, 2.45) is 0 Å². The van der Waals surface area contributed by atoms with Gasteiger partial charge in [-0.2, -0.15) is 0 Å². The first kappa shape index (κ1) is 15.8. The molecule has 0 saturated heterocycles. The standard InChI is InChI=1S/C16H24BrNO2/c1-3-18-10-12-9-13(17)8-11(2)16(12)20-15-7-5-4-6-14(15)19/h8-9,14-15,18-19H,3-7,10H2,1-2H3. The van der Waals surface area contributed by atoms with Crippen LogP contribution < -0.4 is 10.1 Å². The summed E-state index contributed by atoms with van der Waals surface area (Å²) < 4.78 is 7.24. The molecule has 2 unspecified atom stereocenters. The molecule has 1 aliphatic rings. The third-order valence-corrected chi connectivity index (χ3v) is 4.28. The SMILES string of the molecule is CCNCc1cc(Br)cc(C)c1OC1CCCCC1O. The van der Waals surface area contributed by atoms with Crippen LogP contribution in [0.2, 0.25) is 0 Å². The molecule has 0 spiro atoms. The Hall–Kier alpha value is -0.580. The van der Waals surface area contributed by atoms with E-state index in [0.29, 0.717) is 0 Å². The predicted molar refractivity (Wildman–Crippen MR) is 85.2 cm³/mol. The maximum absolute atomic E-state index is 10.1. The van der Waals surface area contributed by atoms with E-state index in [1.54, 1.807) is 0 Å². The van der Waals surface area contributed by atoms with Crippen LogP contribution in [0.4, 0.5) is 0 Å². The highest BCUT2D eigenvalue weighted by molar-refractivity contribution is 9.10. The van der Waals surface area contributed by atoms with E-state index in [1.807, 2.05) is 0 Å². The molecule has 4 heteroatoms. The van der Waals surface area contributed by atoms with Crippen molar-refractivity contribution in [3.05, 3.63) is 27.7 Å². The average molecular weight is 342 g/mol. The Bertz CT molecular complexity index is 450. The highest BCUT2D eigenvalue weighted by atomic mass is 79.9. The molecule has 0 radical (unpaired) electrons. The fourth-order valence-electron chi connectivity index (χ4n) is 2.73. The van der Waals surface area contributed by atoms with Crippen LogP contribution in [0, 0.1) is 6.92 Å². The lowest BCUT2D eigenvalue weighted by molar-refractivity contribution is 0.00601. The molecule has 1 aromatic carbocycles. The summed E-state index contributed by atoms with van der Waals surface area (Å²) in [6.45, 7) is 5.87. The highest BCUT2D eigenvalue weighted by Gasteiger charge is 2.26. The largest absolute Gasteiger partial charge is 0.487 e. The first-order valence-electron chi connectivity index (χ1n) is 7.46. The zero-order chi connectivity index (χ0) is 14.5. The minimum Gasteiger partial charge on any atom is -0.487 e. The molecule has 2 atom stereocenters. The fourth-order valence-corrected chi connectivity index (χ4v) is 3.34. The maximum atomic E-state index is 10.1. The molecule has 1 aromatic rings. The molecule has 1 aliphatic carbocycles. The van der Waals surface area contributed by atoms with Crippen LogP contribution in [0.15, 0.2) is 16.6 Å². The van der Waals surface area contributed by atoms with Gasteiger partial charge in [-0.05, 0) is 50.4 Å².